The summed E-state index contributed by atoms with van der Waals surface area (Å²) in [6.07, 6.45) is 3.65. The first-order chi connectivity index (χ1) is 10.1. The summed E-state index contributed by atoms with van der Waals surface area (Å²) in [5, 5.41) is 0.831. The number of benzene rings is 1. The van der Waals surface area contributed by atoms with Gasteiger partial charge in [0.15, 0.2) is 0 Å². The standard InChI is InChI=1S/C18H17FN2/c1-11(2)15-10-21-18-12(3)8-13(19)9-14(18)17(15)16-6-4-5-7-20-16/h4-11H,1-3H3. The molecule has 2 aromatic heterocycles. The summed E-state index contributed by atoms with van der Waals surface area (Å²) < 4.78 is 13.9. The molecule has 0 radical (unpaired) electrons. The van der Waals surface area contributed by atoms with E-state index in [-0.39, 0.29) is 5.82 Å². The van der Waals surface area contributed by atoms with Crippen LogP contribution in [0.15, 0.2) is 42.7 Å². The molecule has 2 heterocycles. The number of rotatable bonds is 2. The van der Waals surface area contributed by atoms with Crippen molar-refractivity contribution in [1.82, 2.24) is 9.97 Å². The Bertz CT molecular complexity index is 795. The molecule has 0 aliphatic rings. The van der Waals surface area contributed by atoms with E-state index in [4.69, 9.17) is 0 Å². The second-order valence-electron chi connectivity index (χ2n) is 5.58. The summed E-state index contributed by atoms with van der Waals surface area (Å²) in [5.41, 5.74) is 4.61. The van der Waals surface area contributed by atoms with E-state index in [9.17, 15) is 4.39 Å². The summed E-state index contributed by atoms with van der Waals surface area (Å²) in [4.78, 5) is 8.99. The van der Waals surface area contributed by atoms with Gasteiger partial charge in [0.2, 0.25) is 0 Å². The summed E-state index contributed by atoms with van der Waals surface area (Å²) >= 11 is 0. The highest BCUT2D eigenvalue weighted by atomic mass is 19.1. The van der Waals surface area contributed by atoms with Gasteiger partial charge >= 0.3 is 0 Å². The molecule has 106 valence electrons. The Morgan fingerprint density at radius 1 is 1.10 bits per heavy atom. The molecular formula is C18H17FN2. The maximum atomic E-state index is 13.9. The highest BCUT2D eigenvalue weighted by Crippen LogP contribution is 2.35. The van der Waals surface area contributed by atoms with E-state index in [0.717, 1.165) is 33.3 Å². The molecule has 0 unspecified atom stereocenters. The summed E-state index contributed by atoms with van der Waals surface area (Å²) in [6, 6.07) is 8.87. The molecule has 3 heteroatoms. The maximum Gasteiger partial charge on any atom is 0.124 e. The number of hydrogen-bond acceptors (Lipinski definition) is 2. The minimum absolute atomic E-state index is 0.236. The number of hydrogen-bond donors (Lipinski definition) is 0. The Labute approximate surface area is 123 Å². The average molecular weight is 280 g/mol. The van der Waals surface area contributed by atoms with Crippen molar-refractivity contribution >= 4 is 10.9 Å². The summed E-state index contributed by atoms with van der Waals surface area (Å²) in [7, 11) is 0. The van der Waals surface area contributed by atoms with Crippen LogP contribution in [0.1, 0.15) is 30.9 Å². The molecule has 0 N–H and O–H groups in total. The number of aryl methyl sites for hydroxylation is 1. The second-order valence-corrected chi connectivity index (χ2v) is 5.58. The number of pyridine rings is 2. The van der Waals surface area contributed by atoms with Crippen molar-refractivity contribution in [3.8, 4) is 11.3 Å². The van der Waals surface area contributed by atoms with Crippen molar-refractivity contribution in [3.05, 3.63) is 59.7 Å². The van der Waals surface area contributed by atoms with Crippen LogP contribution in [0.3, 0.4) is 0 Å². The van der Waals surface area contributed by atoms with Crippen molar-refractivity contribution in [2.24, 2.45) is 0 Å². The van der Waals surface area contributed by atoms with Gasteiger partial charge in [0.05, 0.1) is 11.2 Å². The van der Waals surface area contributed by atoms with Crippen LogP contribution in [0.4, 0.5) is 4.39 Å². The number of halogens is 1. The minimum atomic E-state index is -0.236. The summed E-state index contributed by atoms with van der Waals surface area (Å²) in [5.74, 6) is 0.0577. The maximum absolute atomic E-state index is 13.9. The van der Waals surface area contributed by atoms with Crippen LogP contribution in [0.5, 0.6) is 0 Å². The van der Waals surface area contributed by atoms with E-state index in [0.29, 0.717) is 5.92 Å². The van der Waals surface area contributed by atoms with Crippen molar-refractivity contribution in [2.75, 3.05) is 0 Å². The predicted octanol–water partition coefficient (Wildman–Crippen LogP) is 4.87. The fraction of sp³-hybridized carbons (Fsp3) is 0.222. The third-order valence-corrected chi connectivity index (χ3v) is 3.70. The molecule has 0 spiro atoms. The molecule has 3 rings (SSSR count). The molecule has 2 nitrogen and oxygen atoms in total. The van der Waals surface area contributed by atoms with Gasteiger partial charge in [-0.15, -0.1) is 0 Å². The van der Waals surface area contributed by atoms with Gasteiger partial charge in [-0.1, -0.05) is 19.9 Å². The molecule has 0 saturated carbocycles. The fourth-order valence-corrected chi connectivity index (χ4v) is 2.69. The first-order valence-electron chi connectivity index (χ1n) is 7.08. The van der Waals surface area contributed by atoms with Crippen molar-refractivity contribution in [3.63, 3.8) is 0 Å². The zero-order valence-corrected chi connectivity index (χ0v) is 12.4. The first kappa shape index (κ1) is 13.7. The van der Waals surface area contributed by atoms with E-state index in [1.807, 2.05) is 31.3 Å². The van der Waals surface area contributed by atoms with Crippen LogP contribution in [0.2, 0.25) is 0 Å². The molecule has 3 aromatic rings. The van der Waals surface area contributed by atoms with Gasteiger partial charge in [0, 0.05) is 23.3 Å². The van der Waals surface area contributed by atoms with Gasteiger partial charge in [-0.2, -0.15) is 0 Å². The van der Waals surface area contributed by atoms with Crippen molar-refractivity contribution in [1.29, 1.82) is 0 Å². The average Bonchev–Trinajstić information content (AvgIpc) is 2.46. The van der Waals surface area contributed by atoms with Crippen LogP contribution in [0, 0.1) is 12.7 Å². The zero-order valence-electron chi connectivity index (χ0n) is 12.4. The van der Waals surface area contributed by atoms with E-state index in [1.54, 1.807) is 12.3 Å². The lowest BCUT2D eigenvalue weighted by Crippen LogP contribution is -1.99. The molecule has 0 amide bonds. The Hall–Kier alpha value is -2.29. The van der Waals surface area contributed by atoms with Gasteiger partial charge in [0.1, 0.15) is 5.82 Å². The number of fused-ring (bicyclic) bond motifs is 1. The molecule has 1 aromatic carbocycles. The lowest BCUT2D eigenvalue weighted by atomic mass is 9.92. The van der Waals surface area contributed by atoms with E-state index in [2.05, 4.69) is 23.8 Å². The SMILES string of the molecule is Cc1cc(F)cc2c(-c3ccccn3)c(C(C)C)cnc12. The molecule has 21 heavy (non-hydrogen) atoms. The van der Waals surface area contributed by atoms with Crippen LogP contribution in [-0.2, 0) is 0 Å². The van der Waals surface area contributed by atoms with Crippen molar-refractivity contribution in [2.45, 2.75) is 26.7 Å². The Kier molecular flexibility index (Phi) is 3.42. The smallest absolute Gasteiger partial charge is 0.124 e. The van der Waals surface area contributed by atoms with E-state index >= 15 is 0 Å². The van der Waals surface area contributed by atoms with Gasteiger partial charge in [-0.05, 0) is 48.2 Å². The zero-order chi connectivity index (χ0) is 15.0. The minimum Gasteiger partial charge on any atom is -0.256 e. The van der Waals surface area contributed by atoms with Crippen molar-refractivity contribution < 1.29 is 4.39 Å². The lowest BCUT2D eigenvalue weighted by Gasteiger charge is -2.15. The molecule has 0 bridgehead atoms. The Morgan fingerprint density at radius 2 is 1.90 bits per heavy atom. The molecule has 0 atom stereocenters. The van der Waals surface area contributed by atoms with E-state index in [1.165, 1.54) is 6.07 Å². The largest absolute Gasteiger partial charge is 0.256 e. The monoisotopic (exact) mass is 280 g/mol. The quantitative estimate of drug-likeness (QED) is 0.669. The van der Waals surface area contributed by atoms with Gasteiger partial charge in [-0.3, -0.25) is 9.97 Å². The third-order valence-electron chi connectivity index (χ3n) is 3.70. The molecular weight excluding hydrogens is 263 g/mol. The van der Waals surface area contributed by atoms with Crippen LogP contribution in [-0.4, -0.2) is 9.97 Å². The van der Waals surface area contributed by atoms with Crippen LogP contribution >= 0.6 is 0 Å². The lowest BCUT2D eigenvalue weighted by molar-refractivity contribution is 0.628. The normalized spacial score (nSPS) is 11.3. The number of aromatic nitrogens is 2. The van der Waals surface area contributed by atoms with Gasteiger partial charge in [-0.25, -0.2) is 4.39 Å². The highest BCUT2D eigenvalue weighted by Gasteiger charge is 2.16. The molecule has 0 aliphatic carbocycles. The topological polar surface area (TPSA) is 25.8 Å². The molecule has 0 aliphatic heterocycles. The second kappa shape index (κ2) is 5.24. The van der Waals surface area contributed by atoms with Crippen LogP contribution in [0.25, 0.3) is 22.2 Å². The fourth-order valence-electron chi connectivity index (χ4n) is 2.69. The third kappa shape index (κ3) is 2.40. The van der Waals surface area contributed by atoms with E-state index < -0.39 is 0 Å². The predicted molar refractivity (Wildman–Crippen MR) is 83.8 cm³/mol. The summed E-state index contributed by atoms with van der Waals surface area (Å²) in [6.45, 7) is 6.11. The first-order valence-corrected chi connectivity index (χ1v) is 7.08. The Morgan fingerprint density at radius 3 is 2.57 bits per heavy atom. The number of nitrogens with zero attached hydrogens (tertiary/aromatic N) is 2. The Balaban J connectivity index is 2.45. The van der Waals surface area contributed by atoms with Gasteiger partial charge in [0.25, 0.3) is 0 Å². The molecule has 0 saturated heterocycles. The van der Waals surface area contributed by atoms with Crippen LogP contribution < -0.4 is 0 Å². The molecule has 0 fully saturated rings. The van der Waals surface area contributed by atoms with Gasteiger partial charge < -0.3 is 0 Å². The highest BCUT2D eigenvalue weighted by molar-refractivity contribution is 5.96.